The summed E-state index contributed by atoms with van der Waals surface area (Å²) in [5.41, 5.74) is 1.25. The van der Waals surface area contributed by atoms with Crippen LogP contribution in [0.25, 0.3) is 0 Å². The summed E-state index contributed by atoms with van der Waals surface area (Å²) in [5, 5.41) is 11.0. The summed E-state index contributed by atoms with van der Waals surface area (Å²) in [4.78, 5) is 25.2. The van der Waals surface area contributed by atoms with Gasteiger partial charge in [-0.2, -0.15) is 0 Å². The Morgan fingerprint density at radius 1 is 1.12 bits per heavy atom. The van der Waals surface area contributed by atoms with Gasteiger partial charge in [-0.3, -0.25) is 14.9 Å². The van der Waals surface area contributed by atoms with Gasteiger partial charge in [-0.15, -0.1) is 0 Å². The number of nitro groups is 1. The van der Waals surface area contributed by atoms with Crippen LogP contribution in [-0.2, 0) is 0 Å². The van der Waals surface area contributed by atoms with Crippen molar-refractivity contribution in [1.82, 2.24) is 4.90 Å². The predicted molar refractivity (Wildman–Crippen MR) is 93.5 cm³/mol. The van der Waals surface area contributed by atoms with Crippen molar-refractivity contribution in [3.63, 3.8) is 0 Å². The van der Waals surface area contributed by atoms with Gasteiger partial charge >= 0.3 is 0 Å². The fourth-order valence-electron chi connectivity index (χ4n) is 3.54. The smallest absolute Gasteiger partial charge is 0.270 e. The van der Waals surface area contributed by atoms with Gasteiger partial charge in [0.15, 0.2) is 11.5 Å². The molecule has 1 amide bonds. The molecule has 0 aliphatic carbocycles. The molecular formula is C19H18N2O5. The predicted octanol–water partition coefficient (Wildman–Crippen LogP) is 3.34. The van der Waals surface area contributed by atoms with E-state index in [0.29, 0.717) is 31.1 Å². The third-order valence-electron chi connectivity index (χ3n) is 4.77. The molecule has 2 aliphatic heterocycles. The van der Waals surface area contributed by atoms with E-state index in [1.54, 1.807) is 17.0 Å². The van der Waals surface area contributed by atoms with Crippen molar-refractivity contribution in [2.75, 3.05) is 19.8 Å². The first kappa shape index (κ1) is 16.4. The molecule has 1 saturated heterocycles. The maximum Gasteiger partial charge on any atom is 0.270 e. The zero-order valence-electron chi connectivity index (χ0n) is 14.1. The number of ether oxygens (including phenoxy) is 2. The summed E-state index contributed by atoms with van der Waals surface area (Å²) in [7, 11) is 0. The van der Waals surface area contributed by atoms with E-state index in [1.165, 1.54) is 12.1 Å². The summed E-state index contributed by atoms with van der Waals surface area (Å²) < 4.78 is 11.2. The van der Waals surface area contributed by atoms with E-state index in [1.807, 2.05) is 18.2 Å². The number of carbonyl (C=O) groups excluding carboxylic acids is 1. The second-order valence-electron chi connectivity index (χ2n) is 6.37. The summed E-state index contributed by atoms with van der Waals surface area (Å²) in [5.74, 6) is 1.23. The Hall–Kier alpha value is -3.09. The van der Waals surface area contributed by atoms with Gasteiger partial charge in [-0.25, -0.2) is 0 Å². The van der Waals surface area contributed by atoms with Crippen molar-refractivity contribution in [1.29, 1.82) is 0 Å². The maximum atomic E-state index is 12.9. The third kappa shape index (κ3) is 2.96. The molecule has 0 aromatic heterocycles. The van der Waals surface area contributed by atoms with Crippen LogP contribution in [0.3, 0.4) is 0 Å². The van der Waals surface area contributed by atoms with Crippen LogP contribution in [0.4, 0.5) is 5.69 Å². The Bertz CT molecular complexity index is 867. The van der Waals surface area contributed by atoms with Crippen LogP contribution in [0, 0.1) is 10.1 Å². The first-order valence-electron chi connectivity index (χ1n) is 8.58. The highest BCUT2D eigenvalue weighted by Crippen LogP contribution is 2.38. The molecular weight excluding hydrogens is 336 g/mol. The van der Waals surface area contributed by atoms with Gasteiger partial charge in [-0.05, 0) is 36.6 Å². The molecule has 2 aliphatic rings. The van der Waals surface area contributed by atoms with E-state index in [2.05, 4.69) is 0 Å². The number of amides is 1. The number of carbonyl (C=O) groups is 1. The van der Waals surface area contributed by atoms with Gasteiger partial charge in [0.05, 0.1) is 11.0 Å². The Morgan fingerprint density at radius 2 is 1.92 bits per heavy atom. The van der Waals surface area contributed by atoms with Crippen LogP contribution in [0.1, 0.15) is 34.8 Å². The standard InChI is InChI=1S/C19H18N2O5/c22-19(14-3-1-4-15(11-14)21(23)24)20-8-2-5-16(20)13-6-7-17-18(12-13)26-10-9-25-17/h1,3-4,6-7,11-12,16H,2,5,8-10H2/t16-/m1/s1. The fourth-order valence-corrected chi connectivity index (χ4v) is 3.54. The van der Waals surface area contributed by atoms with Crippen LogP contribution in [0.5, 0.6) is 11.5 Å². The molecule has 2 heterocycles. The quantitative estimate of drug-likeness (QED) is 0.624. The molecule has 0 saturated carbocycles. The molecule has 26 heavy (non-hydrogen) atoms. The molecule has 0 spiro atoms. The summed E-state index contributed by atoms with van der Waals surface area (Å²) in [6, 6.07) is 11.6. The van der Waals surface area contributed by atoms with Gasteiger partial charge in [-0.1, -0.05) is 12.1 Å². The molecule has 0 bridgehead atoms. The fraction of sp³-hybridized carbons (Fsp3) is 0.316. The van der Waals surface area contributed by atoms with Crippen molar-refractivity contribution in [2.24, 2.45) is 0 Å². The molecule has 7 heteroatoms. The van der Waals surface area contributed by atoms with Gasteiger partial charge in [0.1, 0.15) is 13.2 Å². The van der Waals surface area contributed by atoms with Crippen molar-refractivity contribution in [2.45, 2.75) is 18.9 Å². The summed E-state index contributed by atoms with van der Waals surface area (Å²) >= 11 is 0. The number of hydrogen-bond acceptors (Lipinski definition) is 5. The lowest BCUT2D eigenvalue weighted by molar-refractivity contribution is -0.384. The molecule has 134 valence electrons. The second-order valence-corrected chi connectivity index (χ2v) is 6.37. The van der Waals surface area contributed by atoms with Crippen LogP contribution in [0.15, 0.2) is 42.5 Å². The highest BCUT2D eigenvalue weighted by Gasteiger charge is 2.32. The average molecular weight is 354 g/mol. The zero-order valence-corrected chi connectivity index (χ0v) is 14.1. The number of nitrogens with zero attached hydrogens (tertiary/aromatic N) is 2. The number of fused-ring (bicyclic) bond motifs is 1. The number of likely N-dealkylation sites (tertiary alicyclic amines) is 1. The number of rotatable bonds is 3. The first-order chi connectivity index (χ1) is 12.6. The Balaban J connectivity index is 1.61. The molecule has 1 fully saturated rings. The molecule has 1 atom stereocenters. The first-order valence-corrected chi connectivity index (χ1v) is 8.58. The summed E-state index contributed by atoms with van der Waals surface area (Å²) in [6.07, 6.45) is 1.74. The van der Waals surface area contributed by atoms with Crippen molar-refractivity contribution in [3.05, 3.63) is 63.7 Å². The molecule has 7 nitrogen and oxygen atoms in total. The third-order valence-corrected chi connectivity index (χ3v) is 4.77. The molecule has 2 aromatic rings. The van der Waals surface area contributed by atoms with Crippen LogP contribution >= 0.6 is 0 Å². The van der Waals surface area contributed by atoms with E-state index < -0.39 is 4.92 Å². The lowest BCUT2D eigenvalue weighted by Crippen LogP contribution is -2.30. The van der Waals surface area contributed by atoms with Crippen molar-refractivity contribution in [3.8, 4) is 11.5 Å². The summed E-state index contributed by atoms with van der Waals surface area (Å²) in [6.45, 7) is 1.67. The second kappa shape index (κ2) is 6.67. The topological polar surface area (TPSA) is 81.9 Å². The van der Waals surface area contributed by atoms with E-state index in [0.717, 1.165) is 24.2 Å². The van der Waals surface area contributed by atoms with Gasteiger partial charge in [0.25, 0.3) is 11.6 Å². The SMILES string of the molecule is O=C(c1cccc([N+](=O)[O-])c1)N1CCC[C@@H]1c1ccc2c(c1)OCCO2. The van der Waals surface area contributed by atoms with Crippen LogP contribution in [0.2, 0.25) is 0 Å². The molecule has 4 rings (SSSR count). The Kier molecular flexibility index (Phi) is 4.20. The van der Waals surface area contributed by atoms with Crippen LogP contribution < -0.4 is 9.47 Å². The highest BCUT2D eigenvalue weighted by molar-refractivity contribution is 5.95. The number of hydrogen-bond donors (Lipinski definition) is 0. The largest absolute Gasteiger partial charge is 0.486 e. The zero-order chi connectivity index (χ0) is 18.1. The van der Waals surface area contributed by atoms with Gasteiger partial charge < -0.3 is 14.4 Å². The van der Waals surface area contributed by atoms with E-state index in [9.17, 15) is 14.9 Å². The average Bonchev–Trinajstić information content (AvgIpc) is 3.17. The van der Waals surface area contributed by atoms with Gasteiger partial charge in [0.2, 0.25) is 0 Å². The Labute approximate surface area is 150 Å². The molecule has 0 N–H and O–H groups in total. The van der Waals surface area contributed by atoms with E-state index >= 15 is 0 Å². The number of benzene rings is 2. The molecule has 2 aromatic carbocycles. The van der Waals surface area contributed by atoms with E-state index in [-0.39, 0.29) is 17.6 Å². The number of non-ortho nitro benzene ring substituents is 1. The number of nitro benzene ring substituents is 1. The maximum absolute atomic E-state index is 12.9. The lowest BCUT2D eigenvalue weighted by atomic mass is 10.0. The monoisotopic (exact) mass is 354 g/mol. The van der Waals surface area contributed by atoms with Crippen molar-refractivity contribution >= 4 is 11.6 Å². The van der Waals surface area contributed by atoms with Gasteiger partial charge in [0, 0.05) is 24.2 Å². The van der Waals surface area contributed by atoms with E-state index in [4.69, 9.17) is 9.47 Å². The minimum atomic E-state index is -0.487. The molecule has 0 radical (unpaired) electrons. The molecule has 0 unspecified atom stereocenters. The highest BCUT2D eigenvalue weighted by atomic mass is 16.6. The van der Waals surface area contributed by atoms with Crippen molar-refractivity contribution < 1.29 is 19.2 Å². The normalized spacial score (nSPS) is 18.6. The minimum Gasteiger partial charge on any atom is -0.486 e. The minimum absolute atomic E-state index is 0.0717. The Morgan fingerprint density at radius 3 is 2.73 bits per heavy atom. The lowest BCUT2D eigenvalue weighted by Gasteiger charge is -2.26. The van der Waals surface area contributed by atoms with Crippen LogP contribution in [-0.4, -0.2) is 35.5 Å².